The quantitative estimate of drug-likeness (QED) is 0.663. The lowest BCUT2D eigenvalue weighted by Gasteiger charge is -2.38. The number of hydrogen-bond donors (Lipinski definition) is 0. The molecule has 1 aromatic carbocycles. The highest BCUT2D eigenvalue weighted by Gasteiger charge is 2.48. The maximum atomic E-state index is 13.7. The van der Waals surface area contributed by atoms with E-state index in [4.69, 9.17) is 0 Å². The SMILES string of the molecule is CCN(CC)C(=O)CN1CCN(C(=O)C2CC3CCCCC3N2C(=O)c2ccccc2)CC1. The molecule has 2 saturated heterocycles. The van der Waals surface area contributed by atoms with E-state index < -0.39 is 0 Å². The number of piperazine rings is 1. The monoisotopic (exact) mass is 454 g/mol. The van der Waals surface area contributed by atoms with Gasteiger partial charge in [-0.3, -0.25) is 19.3 Å². The summed E-state index contributed by atoms with van der Waals surface area (Å²) < 4.78 is 0. The van der Waals surface area contributed by atoms with Crippen LogP contribution in [0.4, 0.5) is 0 Å². The van der Waals surface area contributed by atoms with Crippen LogP contribution in [-0.4, -0.2) is 95.2 Å². The molecule has 0 N–H and O–H groups in total. The van der Waals surface area contributed by atoms with Crippen molar-refractivity contribution in [3.63, 3.8) is 0 Å². The predicted octanol–water partition coefficient (Wildman–Crippen LogP) is 2.47. The van der Waals surface area contributed by atoms with Gasteiger partial charge in [-0.15, -0.1) is 0 Å². The van der Waals surface area contributed by atoms with E-state index >= 15 is 0 Å². The molecule has 1 aromatic rings. The molecule has 0 radical (unpaired) electrons. The topological polar surface area (TPSA) is 64.2 Å². The molecule has 0 bridgehead atoms. The van der Waals surface area contributed by atoms with Crippen molar-refractivity contribution >= 4 is 17.7 Å². The number of nitrogens with zero attached hydrogens (tertiary/aromatic N) is 4. The maximum absolute atomic E-state index is 13.7. The number of carbonyl (C=O) groups is 3. The highest BCUT2D eigenvalue weighted by atomic mass is 16.2. The number of benzene rings is 1. The lowest BCUT2D eigenvalue weighted by atomic mass is 9.84. The van der Waals surface area contributed by atoms with Gasteiger partial charge in [0.25, 0.3) is 5.91 Å². The van der Waals surface area contributed by atoms with Crippen LogP contribution in [0, 0.1) is 5.92 Å². The van der Waals surface area contributed by atoms with E-state index in [0.717, 1.165) is 38.8 Å². The second-order valence-corrected chi connectivity index (χ2v) is 9.61. The minimum absolute atomic E-state index is 0.00759. The fourth-order valence-electron chi connectivity index (χ4n) is 5.91. The van der Waals surface area contributed by atoms with Crippen molar-refractivity contribution in [3.8, 4) is 0 Å². The fraction of sp³-hybridized carbons (Fsp3) is 0.654. The Balaban J connectivity index is 1.42. The van der Waals surface area contributed by atoms with Crippen molar-refractivity contribution in [2.45, 2.75) is 58.0 Å². The second kappa shape index (κ2) is 10.7. The van der Waals surface area contributed by atoms with Crippen LogP contribution in [-0.2, 0) is 9.59 Å². The zero-order valence-electron chi connectivity index (χ0n) is 20.1. The smallest absolute Gasteiger partial charge is 0.254 e. The third-order valence-corrected chi connectivity index (χ3v) is 7.79. The minimum atomic E-state index is -0.366. The molecule has 7 nitrogen and oxygen atoms in total. The zero-order valence-corrected chi connectivity index (χ0v) is 20.1. The molecule has 3 fully saturated rings. The predicted molar refractivity (Wildman–Crippen MR) is 128 cm³/mol. The first-order chi connectivity index (χ1) is 16.0. The lowest BCUT2D eigenvalue weighted by Crippen LogP contribution is -2.56. The van der Waals surface area contributed by atoms with Crippen LogP contribution in [0.2, 0.25) is 0 Å². The third kappa shape index (κ3) is 5.08. The summed E-state index contributed by atoms with van der Waals surface area (Å²) in [5, 5.41) is 0. The van der Waals surface area contributed by atoms with Crippen molar-refractivity contribution in [2.75, 3.05) is 45.8 Å². The van der Waals surface area contributed by atoms with Crippen LogP contribution in [0.1, 0.15) is 56.3 Å². The summed E-state index contributed by atoms with van der Waals surface area (Å²) in [6.45, 7) is 8.49. The van der Waals surface area contributed by atoms with Gasteiger partial charge in [0, 0.05) is 50.9 Å². The van der Waals surface area contributed by atoms with Gasteiger partial charge in [-0.2, -0.15) is 0 Å². The number of fused-ring (bicyclic) bond motifs is 1. The highest BCUT2D eigenvalue weighted by Crippen LogP contribution is 2.41. The molecule has 3 amide bonds. The standard InChI is InChI=1S/C26H38N4O3/c1-3-28(4-2)24(31)19-27-14-16-29(17-15-27)26(33)23-18-21-12-8-9-13-22(21)30(23)25(32)20-10-6-5-7-11-20/h5-7,10-11,21-23H,3-4,8-9,12-19H2,1-2H3. The Kier molecular flexibility index (Phi) is 7.68. The molecule has 1 saturated carbocycles. The van der Waals surface area contributed by atoms with Crippen LogP contribution in [0.25, 0.3) is 0 Å². The van der Waals surface area contributed by atoms with E-state index in [1.54, 1.807) is 0 Å². The van der Waals surface area contributed by atoms with E-state index in [1.165, 1.54) is 6.42 Å². The molecule has 3 atom stereocenters. The number of hydrogen-bond acceptors (Lipinski definition) is 4. The summed E-state index contributed by atoms with van der Waals surface area (Å²) >= 11 is 0. The average Bonchev–Trinajstić information content (AvgIpc) is 3.24. The highest BCUT2D eigenvalue weighted by molar-refractivity contribution is 5.98. The zero-order chi connectivity index (χ0) is 23.4. The molecule has 3 unspecified atom stereocenters. The second-order valence-electron chi connectivity index (χ2n) is 9.61. The van der Waals surface area contributed by atoms with Gasteiger partial charge in [-0.25, -0.2) is 0 Å². The molecule has 2 aliphatic heterocycles. The van der Waals surface area contributed by atoms with E-state index in [1.807, 2.05) is 58.9 Å². The van der Waals surface area contributed by atoms with Gasteiger partial charge in [0.1, 0.15) is 6.04 Å². The van der Waals surface area contributed by atoms with Crippen LogP contribution in [0.3, 0.4) is 0 Å². The molecule has 3 aliphatic rings. The minimum Gasteiger partial charge on any atom is -0.342 e. The number of rotatable bonds is 6. The molecule has 0 aromatic heterocycles. The van der Waals surface area contributed by atoms with Crippen LogP contribution < -0.4 is 0 Å². The van der Waals surface area contributed by atoms with Gasteiger partial charge in [0.2, 0.25) is 11.8 Å². The Morgan fingerprint density at radius 2 is 1.61 bits per heavy atom. The largest absolute Gasteiger partial charge is 0.342 e. The Bertz CT molecular complexity index is 833. The maximum Gasteiger partial charge on any atom is 0.254 e. The summed E-state index contributed by atoms with van der Waals surface area (Å²) in [5.74, 6) is 0.655. The average molecular weight is 455 g/mol. The summed E-state index contributed by atoms with van der Waals surface area (Å²) in [5.41, 5.74) is 0.668. The molecular weight excluding hydrogens is 416 g/mol. The van der Waals surface area contributed by atoms with Crippen molar-refractivity contribution in [1.82, 2.24) is 19.6 Å². The van der Waals surface area contributed by atoms with Crippen molar-refractivity contribution in [2.24, 2.45) is 5.92 Å². The Labute approximate surface area is 197 Å². The number of carbonyl (C=O) groups excluding carboxylic acids is 3. The molecule has 33 heavy (non-hydrogen) atoms. The Morgan fingerprint density at radius 1 is 0.939 bits per heavy atom. The normalized spacial score (nSPS) is 25.6. The van der Waals surface area contributed by atoms with Gasteiger partial charge in [0.15, 0.2) is 0 Å². The van der Waals surface area contributed by atoms with Crippen LogP contribution in [0.15, 0.2) is 30.3 Å². The van der Waals surface area contributed by atoms with E-state index in [2.05, 4.69) is 4.90 Å². The summed E-state index contributed by atoms with van der Waals surface area (Å²) in [6.07, 6.45) is 5.19. The van der Waals surface area contributed by atoms with Crippen LogP contribution in [0.5, 0.6) is 0 Å². The fourth-order valence-corrected chi connectivity index (χ4v) is 5.91. The van der Waals surface area contributed by atoms with Gasteiger partial charge < -0.3 is 14.7 Å². The van der Waals surface area contributed by atoms with Gasteiger partial charge in [0.05, 0.1) is 6.54 Å². The molecule has 4 rings (SSSR count). The third-order valence-electron chi connectivity index (χ3n) is 7.79. The lowest BCUT2D eigenvalue weighted by molar-refractivity contribution is -0.138. The first kappa shape index (κ1) is 23.7. The Morgan fingerprint density at radius 3 is 2.27 bits per heavy atom. The summed E-state index contributed by atoms with van der Waals surface area (Å²) in [6, 6.07) is 9.20. The Hall–Kier alpha value is -2.41. The molecule has 7 heteroatoms. The van der Waals surface area contributed by atoms with Crippen molar-refractivity contribution in [1.29, 1.82) is 0 Å². The van der Waals surface area contributed by atoms with Crippen LogP contribution >= 0.6 is 0 Å². The summed E-state index contributed by atoms with van der Waals surface area (Å²) in [4.78, 5) is 47.5. The van der Waals surface area contributed by atoms with E-state index in [9.17, 15) is 14.4 Å². The first-order valence-corrected chi connectivity index (χ1v) is 12.7. The number of likely N-dealkylation sites (tertiary alicyclic amines) is 1. The molecule has 0 spiro atoms. The first-order valence-electron chi connectivity index (χ1n) is 12.7. The number of amides is 3. The van der Waals surface area contributed by atoms with Gasteiger partial charge in [-0.1, -0.05) is 31.0 Å². The van der Waals surface area contributed by atoms with Crippen molar-refractivity contribution in [3.05, 3.63) is 35.9 Å². The molecule has 1 aliphatic carbocycles. The molecule has 180 valence electrons. The molecular formula is C26H38N4O3. The van der Waals surface area contributed by atoms with Crippen molar-refractivity contribution < 1.29 is 14.4 Å². The number of likely N-dealkylation sites (N-methyl/N-ethyl adjacent to an activating group) is 1. The molecule has 2 heterocycles. The van der Waals surface area contributed by atoms with E-state index in [-0.39, 0.29) is 29.8 Å². The summed E-state index contributed by atoms with van der Waals surface area (Å²) in [7, 11) is 0. The van der Waals surface area contributed by atoms with Gasteiger partial charge >= 0.3 is 0 Å². The van der Waals surface area contributed by atoms with E-state index in [0.29, 0.717) is 44.2 Å². The van der Waals surface area contributed by atoms with Gasteiger partial charge in [-0.05, 0) is 51.2 Å².